The van der Waals surface area contributed by atoms with E-state index < -0.39 is 0 Å². The Hall–Kier alpha value is -1.61. The first kappa shape index (κ1) is 12.4. The van der Waals surface area contributed by atoms with Crippen molar-refractivity contribution in [3.63, 3.8) is 0 Å². The van der Waals surface area contributed by atoms with Crippen molar-refractivity contribution in [1.29, 1.82) is 0 Å². The van der Waals surface area contributed by atoms with Crippen LogP contribution in [0.25, 0.3) is 0 Å². The standard InChI is InChI=1S/C16H19NO2/c1-11(12-6-4-3-5-7-12)17-14-9-8-13(10-14)15(17)16(18)19-2/h3-9,11,13-15H,10H2,1-2H3. The van der Waals surface area contributed by atoms with Crippen molar-refractivity contribution >= 4 is 5.97 Å². The van der Waals surface area contributed by atoms with Crippen LogP contribution in [0.2, 0.25) is 0 Å². The van der Waals surface area contributed by atoms with Crippen molar-refractivity contribution in [2.45, 2.75) is 31.5 Å². The van der Waals surface area contributed by atoms with E-state index in [0.29, 0.717) is 12.0 Å². The third-order valence-electron chi connectivity index (χ3n) is 4.38. The third kappa shape index (κ3) is 1.98. The molecule has 3 heteroatoms. The zero-order valence-electron chi connectivity index (χ0n) is 11.3. The molecule has 1 aliphatic carbocycles. The van der Waals surface area contributed by atoms with Gasteiger partial charge in [-0.3, -0.25) is 9.69 Å². The van der Waals surface area contributed by atoms with Gasteiger partial charge in [0.15, 0.2) is 0 Å². The van der Waals surface area contributed by atoms with E-state index in [4.69, 9.17) is 4.74 Å². The zero-order valence-corrected chi connectivity index (χ0v) is 11.3. The Morgan fingerprint density at radius 2 is 2.05 bits per heavy atom. The van der Waals surface area contributed by atoms with Crippen LogP contribution >= 0.6 is 0 Å². The molecular weight excluding hydrogens is 238 g/mol. The Morgan fingerprint density at radius 1 is 1.32 bits per heavy atom. The maximum Gasteiger partial charge on any atom is 0.323 e. The number of carbonyl (C=O) groups excluding carboxylic acids is 1. The Morgan fingerprint density at radius 3 is 2.74 bits per heavy atom. The molecule has 4 atom stereocenters. The normalized spacial score (nSPS) is 30.5. The van der Waals surface area contributed by atoms with E-state index in [9.17, 15) is 4.79 Å². The molecule has 0 aromatic heterocycles. The highest BCUT2D eigenvalue weighted by molar-refractivity contribution is 5.77. The molecule has 3 nitrogen and oxygen atoms in total. The summed E-state index contributed by atoms with van der Waals surface area (Å²) in [5.41, 5.74) is 1.25. The fourth-order valence-corrected chi connectivity index (χ4v) is 3.44. The third-order valence-corrected chi connectivity index (χ3v) is 4.38. The summed E-state index contributed by atoms with van der Waals surface area (Å²) in [5, 5.41) is 0. The van der Waals surface area contributed by atoms with Crippen LogP contribution in [0.15, 0.2) is 42.5 Å². The fourth-order valence-electron chi connectivity index (χ4n) is 3.44. The summed E-state index contributed by atoms with van der Waals surface area (Å²) in [6.07, 6.45) is 5.43. The quantitative estimate of drug-likeness (QED) is 0.615. The van der Waals surface area contributed by atoms with Crippen LogP contribution in [-0.2, 0) is 9.53 Å². The van der Waals surface area contributed by atoms with Crippen LogP contribution < -0.4 is 0 Å². The van der Waals surface area contributed by atoms with Crippen molar-refractivity contribution in [1.82, 2.24) is 4.90 Å². The molecule has 4 unspecified atom stereocenters. The number of ether oxygens (including phenoxy) is 1. The predicted octanol–water partition coefficient (Wildman–Crippen LogP) is 2.55. The van der Waals surface area contributed by atoms with Gasteiger partial charge >= 0.3 is 5.97 Å². The molecule has 0 radical (unpaired) electrons. The van der Waals surface area contributed by atoms with Crippen LogP contribution in [-0.4, -0.2) is 30.1 Å². The van der Waals surface area contributed by atoms with Gasteiger partial charge in [-0.1, -0.05) is 42.5 Å². The van der Waals surface area contributed by atoms with Gasteiger partial charge in [0.25, 0.3) is 0 Å². The lowest BCUT2D eigenvalue weighted by Gasteiger charge is -2.35. The zero-order chi connectivity index (χ0) is 13.4. The minimum atomic E-state index is -0.129. The topological polar surface area (TPSA) is 29.5 Å². The van der Waals surface area contributed by atoms with Gasteiger partial charge < -0.3 is 4.74 Å². The molecule has 1 aliphatic heterocycles. The second-order valence-electron chi connectivity index (χ2n) is 5.35. The first-order valence-electron chi connectivity index (χ1n) is 6.81. The maximum absolute atomic E-state index is 12.1. The molecule has 1 aromatic carbocycles. The Kier molecular flexibility index (Phi) is 3.15. The highest BCUT2D eigenvalue weighted by Gasteiger charge is 2.48. The van der Waals surface area contributed by atoms with Crippen LogP contribution in [0.3, 0.4) is 0 Å². The van der Waals surface area contributed by atoms with E-state index in [2.05, 4.69) is 36.1 Å². The van der Waals surface area contributed by atoms with Crippen molar-refractivity contribution in [2.75, 3.05) is 7.11 Å². The van der Waals surface area contributed by atoms with E-state index in [0.717, 1.165) is 6.42 Å². The number of benzene rings is 1. The molecule has 0 spiro atoms. The molecule has 2 aliphatic rings. The van der Waals surface area contributed by atoms with E-state index >= 15 is 0 Å². The molecule has 19 heavy (non-hydrogen) atoms. The summed E-state index contributed by atoms with van der Waals surface area (Å²) >= 11 is 0. The number of hydrogen-bond acceptors (Lipinski definition) is 3. The number of likely N-dealkylation sites (tertiary alicyclic amines) is 1. The molecule has 2 bridgehead atoms. The number of nitrogens with zero attached hydrogens (tertiary/aromatic N) is 1. The second-order valence-corrected chi connectivity index (χ2v) is 5.35. The maximum atomic E-state index is 12.1. The monoisotopic (exact) mass is 257 g/mol. The highest BCUT2D eigenvalue weighted by atomic mass is 16.5. The molecule has 1 saturated heterocycles. The molecule has 0 amide bonds. The molecule has 1 heterocycles. The summed E-state index contributed by atoms with van der Waals surface area (Å²) in [7, 11) is 1.48. The predicted molar refractivity (Wildman–Crippen MR) is 73.5 cm³/mol. The van der Waals surface area contributed by atoms with Gasteiger partial charge in [0.1, 0.15) is 6.04 Å². The van der Waals surface area contributed by atoms with Crippen molar-refractivity contribution in [3.8, 4) is 0 Å². The number of rotatable bonds is 3. The van der Waals surface area contributed by atoms with Crippen molar-refractivity contribution in [2.24, 2.45) is 5.92 Å². The van der Waals surface area contributed by atoms with Gasteiger partial charge in [0, 0.05) is 18.0 Å². The van der Waals surface area contributed by atoms with E-state index in [-0.39, 0.29) is 18.1 Å². The summed E-state index contributed by atoms with van der Waals surface area (Å²) in [6.45, 7) is 2.17. The van der Waals surface area contributed by atoms with E-state index in [1.54, 1.807) is 0 Å². The van der Waals surface area contributed by atoms with E-state index in [1.807, 2.05) is 18.2 Å². The van der Waals surface area contributed by atoms with Crippen molar-refractivity contribution in [3.05, 3.63) is 48.0 Å². The lowest BCUT2D eigenvalue weighted by Crippen LogP contribution is -2.45. The molecule has 1 fully saturated rings. The lowest BCUT2D eigenvalue weighted by molar-refractivity contribution is -0.148. The van der Waals surface area contributed by atoms with Crippen molar-refractivity contribution < 1.29 is 9.53 Å². The summed E-state index contributed by atoms with van der Waals surface area (Å²) < 4.78 is 4.99. The number of esters is 1. The average Bonchev–Trinajstić information content (AvgIpc) is 3.07. The van der Waals surface area contributed by atoms with Crippen LogP contribution in [0.5, 0.6) is 0 Å². The van der Waals surface area contributed by atoms with Crippen LogP contribution in [0.1, 0.15) is 24.9 Å². The molecule has 100 valence electrons. The van der Waals surface area contributed by atoms with E-state index in [1.165, 1.54) is 12.7 Å². The Bertz CT molecular complexity index is 497. The van der Waals surface area contributed by atoms with Gasteiger partial charge in [-0.25, -0.2) is 0 Å². The minimum Gasteiger partial charge on any atom is -0.468 e. The number of carbonyl (C=O) groups is 1. The minimum absolute atomic E-state index is 0.111. The van der Waals surface area contributed by atoms with Gasteiger partial charge in [-0.15, -0.1) is 0 Å². The number of fused-ring (bicyclic) bond motifs is 2. The summed E-state index contributed by atoms with van der Waals surface area (Å²) in [4.78, 5) is 14.3. The molecule has 0 saturated carbocycles. The average molecular weight is 257 g/mol. The van der Waals surface area contributed by atoms with Gasteiger partial charge in [0.05, 0.1) is 7.11 Å². The first-order valence-corrected chi connectivity index (χ1v) is 6.81. The van der Waals surface area contributed by atoms with Gasteiger partial charge in [-0.2, -0.15) is 0 Å². The number of hydrogen-bond donors (Lipinski definition) is 0. The smallest absolute Gasteiger partial charge is 0.323 e. The molecule has 0 N–H and O–H groups in total. The number of methoxy groups -OCH3 is 1. The molecular formula is C16H19NO2. The molecule has 1 aromatic rings. The second kappa shape index (κ2) is 4.82. The highest BCUT2D eigenvalue weighted by Crippen LogP contribution is 2.42. The SMILES string of the molecule is COC(=O)C1C2C=CC(C2)N1C(C)c1ccccc1. The Labute approximate surface area is 113 Å². The van der Waals surface area contributed by atoms with Gasteiger partial charge in [0.2, 0.25) is 0 Å². The Balaban J connectivity index is 1.90. The lowest BCUT2D eigenvalue weighted by atomic mass is 9.99. The van der Waals surface area contributed by atoms with Crippen LogP contribution in [0, 0.1) is 5.92 Å². The fraction of sp³-hybridized carbons (Fsp3) is 0.438. The van der Waals surface area contributed by atoms with Gasteiger partial charge in [-0.05, 0) is 18.9 Å². The summed E-state index contributed by atoms with van der Waals surface area (Å²) in [5.74, 6) is 0.197. The molecule has 3 rings (SSSR count). The summed E-state index contributed by atoms with van der Waals surface area (Å²) in [6, 6.07) is 10.8. The van der Waals surface area contributed by atoms with Crippen LogP contribution in [0.4, 0.5) is 0 Å². The largest absolute Gasteiger partial charge is 0.468 e. The first-order chi connectivity index (χ1) is 9.22.